The first kappa shape index (κ1) is 27.1. The maximum absolute atomic E-state index is 12.6. The molecule has 1 amide bonds. The van der Waals surface area contributed by atoms with Crippen molar-refractivity contribution in [2.75, 3.05) is 12.3 Å². The molecule has 0 aromatic carbocycles. The standard InChI is InChI=1S/C28H31N7O4S/c1-15-23-26(35-34-15)30-12-21(32-23)20-11-22(25(29)33-24(20)19-6-8-37-16(19)2)38-13-18(10-17-7-9-40-14-17)31-27(36)39-28(3,4)5/h6-9,11-12,14,18H,10,13H2,1-5H3,(H2,29,33)(H,31,36)(H,30,34,35)/t18-/m0/s1. The summed E-state index contributed by atoms with van der Waals surface area (Å²) < 4.78 is 17.2. The Balaban J connectivity index is 1.48. The van der Waals surface area contributed by atoms with Gasteiger partial charge in [0.2, 0.25) is 0 Å². The Morgan fingerprint density at radius 3 is 2.75 bits per heavy atom. The van der Waals surface area contributed by atoms with E-state index in [0.717, 1.165) is 16.8 Å². The predicted octanol–water partition coefficient (Wildman–Crippen LogP) is 5.45. The van der Waals surface area contributed by atoms with Gasteiger partial charge in [-0.25, -0.2) is 19.7 Å². The number of alkyl carbamates (subject to hydrolysis) is 1. The van der Waals surface area contributed by atoms with Crippen molar-refractivity contribution in [1.29, 1.82) is 0 Å². The fourth-order valence-corrected chi connectivity index (χ4v) is 4.88. The molecular weight excluding hydrogens is 530 g/mol. The summed E-state index contributed by atoms with van der Waals surface area (Å²) in [5.41, 5.74) is 11.4. The summed E-state index contributed by atoms with van der Waals surface area (Å²) in [6.45, 7) is 9.33. The monoisotopic (exact) mass is 561 g/mol. The van der Waals surface area contributed by atoms with Crippen molar-refractivity contribution in [3.05, 3.63) is 58.4 Å². The number of aryl methyl sites for hydroxylation is 2. The molecule has 5 aromatic heterocycles. The minimum absolute atomic E-state index is 0.135. The van der Waals surface area contributed by atoms with Crippen molar-refractivity contribution >= 4 is 34.4 Å². The topological polar surface area (TPSA) is 154 Å². The molecule has 40 heavy (non-hydrogen) atoms. The first-order valence-electron chi connectivity index (χ1n) is 12.7. The number of aromatic nitrogens is 5. The third kappa shape index (κ3) is 6.07. The van der Waals surface area contributed by atoms with Crippen molar-refractivity contribution in [3.63, 3.8) is 0 Å². The van der Waals surface area contributed by atoms with Gasteiger partial charge in [0.25, 0.3) is 0 Å². The van der Waals surface area contributed by atoms with Gasteiger partial charge in [0.05, 0.1) is 35.6 Å². The molecule has 0 saturated heterocycles. The highest BCUT2D eigenvalue weighted by Gasteiger charge is 2.23. The second kappa shape index (κ2) is 11.0. The summed E-state index contributed by atoms with van der Waals surface area (Å²) in [6.07, 6.45) is 3.27. The smallest absolute Gasteiger partial charge is 0.408 e. The van der Waals surface area contributed by atoms with Crippen molar-refractivity contribution in [3.8, 4) is 28.3 Å². The molecule has 0 radical (unpaired) electrons. The Morgan fingerprint density at radius 1 is 1.23 bits per heavy atom. The van der Waals surface area contributed by atoms with Crippen LogP contribution in [0.3, 0.4) is 0 Å². The van der Waals surface area contributed by atoms with Gasteiger partial charge in [0.15, 0.2) is 17.2 Å². The van der Waals surface area contributed by atoms with Gasteiger partial charge in [-0.1, -0.05) is 0 Å². The van der Waals surface area contributed by atoms with Gasteiger partial charge in [0.1, 0.15) is 23.5 Å². The first-order valence-corrected chi connectivity index (χ1v) is 13.7. The van der Waals surface area contributed by atoms with E-state index in [1.165, 1.54) is 0 Å². The maximum atomic E-state index is 12.6. The molecule has 0 unspecified atom stereocenters. The number of nitrogen functional groups attached to an aromatic ring is 1. The zero-order chi connectivity index (χ0) is 28.4. The van der Waals surface area contributed by atoms with Crippen LogP contribution in [0.5, 0.6) is 5.75 Å². The van der Waals surface area contributed by atoms with Crippen LogP contribution in [-0.2, 0) is 11.2 Å². The van der Waals surface area contributed by atoms with Gasteiger partial charge in [-0.2, -0.15) is 16.4 Å². The molecule has 1 atom stereocenters. The molecule has 0 spiro atoms. The van der Waals surface area contributed by atoms with E-state index in [1.54, 1.807) is 29.9 Å². The van der Waals surface area contributed by atoms with Crippen LogP contribution in [-0.4, -0.2) is 49.5 Å². The highest BCUT2D eigenvalue weighted by Crippen LogP contribution is 2.37. The molecule has 12 heteroatoms. The molecular formula is C28H31N7O4S. The van der Waals surface area contributed by atoms with Gasteiger partial charge in [-0.3, -0.25) is 5.10 Å². The first-order chi connectivity index (χ1) is 19.1. The largest absolute Gasteiger partial charge is 0.488 e. The van der Waals surface area contributed by atoms with E-state index >= 15 is 0 Å². The Labute approximate surface area is 235 Å². The van der Waals surface area contributed by atoms with Gasteiger partial charge in [0, 0.05) is 11.1 Å². The number of nitrogens with zero attached hydrogens (tertiary/aromatic N) is 4. The minimum Gasteiger partial charge on any atom is -0.488 e. The Hall–Kier alpha value is -4.45. The van der Waals surface area contributed by atoms with E-state index < -0.39 is 11.7 Å². The molecule has 208 valence electrons. The average Bonchev–Trinajstić information content (AvgIpc) is 3.64. The molecule has 4 N–H and O–H groups in total. The van der Waals surface area contributed by atoms with Crippen LogP contribution in [0.1, 0.15) is 37.8 Å². The van der Waals surface area contributed by atoms with E-state index in [4.69, 9.17) is 29.6 Å². The number of furan rings is 1. The van der Waals surface area contributed by atoms with E-state index in [-0.39, 0.29) is 18.5 Å². The number of anilines is 1. The molecule has 5 rings (SSSR count). The van der Waals surface area contributed by atoms with Crippen LogP contribution in [0.2, 0.25) is 0 Å². The zero-order valence-electron chi connectivity index (χ0n) is 22.9. The van der Waals surface area contributed by atoms with Crippen LogP contribution in [0.15, 0.2) is 45.8 Å². The number of ether oxygens (including phenoxy) is 2. The summed E-state index contributed by atoms with van der Waals surface area (Å²) >= 11 is 1.59. The number of amides is 1. The number of carbonyl (C=O) groups is 1. The molecule has 0 bridgehead atoms. The number of nitrogens with two attached hydrogens (primary N) is 1. The lowest BCUT2D eigenvalue weighted by Gasteiger charge is -2.24. The molecule has 5 aromatic rings. The molecule has 0 saturated carbocycles. The maximum Gasteiger partial charge on any atom is 0.408 e. The van der Waals surface area contributed by atoms with E-state index in [0.29, 0.717) is 46.0 Å². The number of fused-ring (bicyclic) bond motifs is 1. The lowest BCUT2D eigenvalue weighted by atomic mass is 10.0. The second-order valence-corrected chi connectivity index (χ2v) is 11.2. The van der Waals surface area contributed by atoms with Gasteiger partial charge >= 0.3 is 6.09 Å². The lowest BCUT2D eigenvalue weighted by Crippen LogP contribution is -2.43. The van der Waals surface area contributed by atoms with E-state index in [2.05, 4.69) is 20.5 Å². The summed E-state index contributed by atoms with van der Waals surface area (Å²) in [5, 5.41) is 14.0. The highest BCUT2D eigenvalue weighted by molar-refractivity contribution is 7.07. The van der Waals surface area contributed by atoms with Gasteiger partial charge < -0.3 is 24.9 Å². The molecule has 5 heterocycles. The Kier molecular flexibility index (Phi) is 7.44. The molecule has 11 nitrogen and oxygen atoms in total. The van der Waals surface area contributed by atoms with Crippen LogP contribution in [0, 0.1) is 13.8 Å². The SMILES string of the molecule is Cc1occc1-c1nc(N)c(OC[C@H](Cc2ccsc2)NC(=O)OC(C)(C)C)cc1-c1cnc2n[nH]c(C)c2n1. The Morgan fingerprint density at radius 2 is 2.05 bits per heavy atom. The number of hydrogen-bond donors (Lipinski definition) is 3. The summed E-state index contributed by atoms with van der Waals surface area (Å²) in [7, 11) is 0. The van der Waals surface area contributed by atoms with Crippen LogP contribution >= 0.6 is 11.3 Å². The van der Waals surface area contributed by atoms with Crippen LogP contribution in [0.25, 0.3) is 33.7 Å². The number of nitrogens with one attached hydrogen (secondary N) is 2. The lowest BCUT2D eigenvalue weighted by molar-refractivity contribution is 0.0488. The van der Waals surface area contributed by atoms with Crippen LogP contribution < -0.4 is 15.8 Å². The average molecular weight is 562 g/mol. The van der Waals surface area contributed by atoms with Crippen LogP contribution in [0.4, 0.5) is 10.6 Å². The third-order valence-corrected chi connectivity index (χ3v) is 6.80. The molecule has 0 fully saturated rings. The number of H-pyrrole nitrogens is 1. The predicted molar refractivity (Wildman–Crippen MR) is 153 cm³/mol. The number of thiophene rings is 1. The van der Waals surface area contributed by atoms with E-state index in [1.807, 2.05) is 57.5 Å². The molecule has 0 aliphatic rings. The number of carbonyl (C=O) groups excluding carboxylic acids is 1. The van der Waals surface area contributed by atoms with Crippen molar-refractivity contribution in [2.45, 2.75) is 52.7 Å². The molecule has 0 aliphatic carbocycles. The van der Waals surface area contributed by atoms with Gasteiger partial charge in [-0.05, 0) is 75.6 Å². The van der Waals surface area contributed by atoms with Crippen molar-refractivity contribution < 1.29 is 18.7 Å². The fraction of sp³-hybridized carbons (Fsp3) is 0.321. The van der Waals surface area contributed by atoms with Gasteiger partial charge in [-0.15, -0.1) is 0 Å². The number of hydrogen-bond acceptors (Lipinski definition) is 10. The quantitative estimate of drug-likeness (QED) is 0.224. The molecule has 0 aliphatic heterocycles. The fourth-order valence-electron chi connectivity index (χ4n) is 4.20. The summed E-state index contributed by atoms with van der Waals surface area (Å²) in [4.78, 5) is 26.5. The summed E-state index contributed by atoms with van der Waals surface area (Å²) in [6, 6.07) is 5.26. The summed E-state index contributed by atoms with van der Waals surface area (Å²) in [5.74, 6) is 1.24. The van der Waals surface area contributed by atoms with Crippen molar-refractivity contribution in [2.24, 2.45) is 0 Å². The highest BCUT2D eigenvalue weighted by atomic mass is 32.1. The minimum atomic E-state index is -0.627. The third-order valence-electron chi connectivity index (χ3n) is 6.07. The van der Waals surface area contributed by atoms with Crippen molar-refractivity contribution in [1.82, 2.24) is 30.5 Å². The zero-order valence-corrected chi connectivity index (χ0v) is 23.8. The Bertz CT molecular complexity index is 1640. The number of rotatable bonds is 8. The second-order valence-electron chi connectivity index (χ2n) is 10.4. The van der Waals surface area contributed by atoms with E-state index in [9.17, 15) is 4.79 Å². The number of aromatic amines is 1. The number of pyridine rings is 1. The normalized spacial score (nSPS) is 12.4.